The van der Waals surface area contributed by atoms with Crippen LogP contribution in [-0.4, -0.2) is 38.8 Å². The smallest absolute Gasteiger partial charge is 0.406 e. The average molecular weight is 611 g/mol. The molecule has 0 fully saturated rings. The molecule has 1 heterocycles. The van der Waals surface area contributed by atoms with Crippen molar-refractivity contribution in [2.75, 3.05) is 11.9 Å². The van der Waals surface area contributed by atoms with E-state index in [4.69, 9.17) is 12.2 Å². The molecule has 2 amide bonds. The summed E-state index contributed by atoms with van der Waals surface area (Å²) in [4.78, 5) is 16.7. The Morgan fingerprint density at radius 3 is 2.53 bits per heavy atom. The summed E-state index contributed by atoms with van der Waals surface area (Å²) in [6.45, 7) is 6.75. The topological polar surface area (TPSA) is 93.1 Å². The van der Waals surface area contributed by atoms with Crippen molar-refractivity contribution in [1.82, 2.24) is 25.4 Å². The predicted octanol–water partition coefficient (Wildman–Crippen LogP) is 7.28. The lowest BCUT2D eigenvalue weighted by atomic mass is 9.99. The van der Waals surface area contributed by atoms with Gasteiger partial charge in [0, 0.05) is 17.8 Å². The number of hydrogen-bond acceptors (Lipinski definition) is 5. The number of halogens is 3. The minimum Gasteiger partial charge on any atom is -0.406 e. The number of rotatable bonds is 10. The van der Waals surface area contributed by atoms with Crippen LogP contribution in [0.5, 0.6) is 5.75 Å². The van der Waals surface area contributed by atoms with Gasteiger partial charge in [0.05, 0.1) is 5.69 Å². The maximum atomic E-state index is 12.4. The standard InChI is InChI=1S/C31H33F3N6O2S/c1-20(2)26-17-21(3)10-15-27(26)37-30(43)38-29(41)35-16-5-4-7-22-8-6-9-23(18-22)28-36-19-40(39-28)24-11-13-25(14-12-24)42-31(32,33)34/h6,8-15,17-20H,4-5,7,16H2,1-3H3,(H3,35,37,38,41,43). The first-order valence-electron chi connectivity index (χ1n) is 13.8. The molecule has 0 bridgehead atoms. The lowest BCUT2D eigenvalue weighted by Gasteiger charge is -2.16. The highest BCUT2D eigenvalue weighted by molar-refractivity contribution is 7.80. The Kier molecular flexibility index (Phi) is 10.4. The molecule has 1 aromatic heterocycles. The van der Waals surface area contributed by atoms with Gasteiger partial charge in [-0.25, -0.2) is 14.5 Å². The summed E-state index contributed by atoms with van der Waals surface area (Å²) in [6.07, 6.45) is -0.826. The summed E-state index contributed by atoms with van der Waals surface area (Å²) in [5, 5.41) is 13.3. The molecule has 0 aliphatic carbocycles. The third-order valence-electron chi connectivity index (χ3n) is 6.49. The number of ether oxygens (including phenoxy) is 1. The van der Waals surface area contributed by atoms with Crippen LogP contribution in [0.15, 0.2) is 73.1 Å². The number of aryl methyl sites for hydroxylation is 2. The first-order chi connectivity index (χ1) is 20.5. The maximum Gasteiger partial charge on any atom is 0.573 e. The van der Waals surface area contributed by atoms with Crippen LogP contribution in [0.2, 0.25) is 0 Å². The minimum absolute atomic E-state index is 0.239. The van der Waals surface area contributed by atoms with Crippen molar-refractivity contribution in [1.29, 1.82) is 0 Å². The maximum absolute atomic E-state index is 12.4. The quantitative estimate of drug-likeness (QED) is 0.129. The van der Waals surface area contributed by atoms with Gasteiger partial charge in [0.1, 0.15) is 12.1 Å². The van der Waals surface area contributed by atoms with Gasteiger partial charge in [0.15, 0.2) is 10.9 Å². The summed E-state index contributed by atoms with van der Waals surface area (Å²) < 4.78 is 42.6. The Morgan fingerprint density at radius 1 is 1.05 bits per heavy atom. The predicted molar refractivity (Wildman–Crippen MR) is 164 cm³/mol. The minimum atomic E-state index is -4.75. The van der Waals surface area contributed by atoms with Crippen molar-refractivity contribution < 1.29 is 22.7 Å². The van der Waals surface area contributed by atoms with Gasteiger partial charge in [-0.3, -0.25) is 5.32 Å². The molecule has 4 aromatic rings. The molecule has 43 heavy (non-hydrogen) atoms. The van der Waals surface area contributed by atoms with Crippen molar-refractivity contribution in [3.63, 3.8) is 0 Å². The summed E-state index contributed by atoms with van der Waals surface area (Å²) in [7, 11) is 0. The van der Waals surface area contributed by atoms with Crippen molar-refractivity contribution in [3.05, 3.63) is 89.7 Å². The van der Waals surface area contributed by atoms with E-state index in [1.165, 1.54) is 35.3 Å². The number of nitrogens with one attached hydrogen (secondary N) is 3. The van der Waals surface area contributed by atoms with E-state index >= 15 is 0 Å². The van der Waals surface area contributed by atoms with Crippen LogP contribution in [0, 0.1) is 6.92 Å². The Labute approximate surface area is 253 Å². The molecule has 12 heteroatoms. The van der Waals surface area contributed by atoms with Crippen LogP contribution in [0.4, 0.5) is 23.7 Å². The third kappa shape index (κ3) is 9.53. The Hall–Kier alpha value is -4.45. The number of anilines is 1. The number of alkyl halides is 3. The molecule has 0 saturated heterocycles. The number of nitrogens with zero attached hydrogens (tertiary/aromatic N) is 3. The zero-order chi connectivity index (χ0) is 31.0. The molecule has 0 atom stereocenters. The number of benzene rings is 3. The van der Waals surface area contributed by atoms with Crippen LogP contribution in [-0.2, 0) is 6.42 Å². The van der Waals surface area contributed by atoms with E-state index in [-0.39, 0.29) is 16.9 Å². The second-order valence-electron chi connectivity index (χ2n) is 10.3. The van der Waals surface area contributed by atoms with E-state index in [0.717, 1.165) is 47.2 Å². The highest BCUT2D eigenvalue weighted by Gasteiger charge is 2.31. The molecule has 4 rings (SSSR count). The fourth-order valence-corrected chi connectivity index (χ4v) is 4.62. The zero-order valence-electron chi connectivity index (χ0n) is 24.0. The number of hydrogen-bond donors (Lipinski definition) is 3. The van der Waals surface area contributed by atoms with Gasteiger partial charge >= 0.3 is 12.4 Å². The number of aromatic nitrogens is 3. The summed E-state index contributed by atoms with van der Waals surface area (Å²) in [5.74, 6) is 0.495. The van der Waals surface area contributed by atoms with Crippen LogP contribution in [0.25, 0.3) is 17.1 Å². The van der Waals surface area contributed by atoms with Crippen molar-refractivity contribution in [3.8, 4) is 22.8 Å². The van der Waals surface area contributed by atoms with Gasteiger partial charge in [-0.15, -0.1) is 18.3 Å². The van der Waals surface area contributed by atoms with Gasteiger partial charge in [-0.05, 0) is 91.8 Å². The molecular formula is C31H33F3N6O2S. The Balaban J connectivity index is 1.21. The lowest BCUT2D eigenvalue weighted by molar-refractivity contribution is -0.274. The van der Waals surface area contributed by atoms with E-state index in [0.29, 0.717) is 24.0 Å². The number of carbonyl (C=O) groups excluding carboxylic acids is 1. The monoisotopic (exact) mass is 610 g/mol. The van der Waals surface area contributed by atoms with Crippen LogP contribution < -0.4 is 20.7 Å². The molecule has 3 aromatic carbocycles. The molecule has 8 nitrogen and oxygen atoms in total. The van der Waals surface area contributed by atoms with Crippen LogP contribution in [0.3, 0.4) is 0 Å². The highest BCUT2D eigenvalue weighted by Crippen LogP contribution is 2.26. The second-order valence-corrected chi connectivity index (χ2v) is 10.7. The average Bonchev–Trinajstić information content (AvgIpc) is 3.44. The normalized spacial score (nSPS) is 11.3. The number of unbranched alkanes of at least 4 members (excludes halogenated alkanes) is 1. The van der Waals surface area contributed by atoms with E-state index in [2.05, 4.69) is 50.7 Å². The molecule has 0 unspecified atom stereocenters. The van der Waals surface area contributed by atoms with E-state index < -0.39 is 6.36 Å². The van der Waals surface area contributed by atoms with Crippen molar-refractivity contribution in [2.45, 2.75) is 52.3 Å². The summed E-state index contributed by atoms with van der Waals surface area (Å²) in [5.41, 5.74) is 5.63. The Bertz CT molecular complexity index is 1550. The summed E-state index contributed by atoms with van der Waals surface area (Å²) >= 11 is 5.32. The molecule has 0 radical (unpaired) electrons. The van der Waals surface area contributed by atoms with Crippen LogP contribution >= 0.6 is 12.2 Å². The molecule has 3 N–H and O–H groups in total. The SMILES string of the molecule is Cc1ccc(NC(=S)NC(=O)NCCCCc2cccc(-c3ncn(-c4ccc(OC(F)(F)F)cc4)n3)c2)c(C(C)C)c1. The largest absolute Gasteiger partial charge is 0.573 e. The molecule has 0 aliphatic rings. The first-order valence-corrected chi connectivity index (χ1v) is 14.2. The first kappa shape index (κ1) is 31.5. The van der Waals surface area contributed by atoms with Gasteiger partial charge in [-0.1, -0.05) is 49.7 Å². The lowest BCUT2D eigenvalue weighted by Crippen LogP contribution is -2.42. The van der Waals surface area contributed by atoms with Gasteiger partial charge < -0.3 is 15.4 Å². The molecule has 0 aliphatic heterocycles. The number of carbonyl (C=O) groups is 1. The second kappa shape index (κ2) is 14.1. The van der Waals surface area contributed by atoms with E-state index in [9.17, 15) is 18.0 Å². The van der Waals surface area contributed by atoms with Gasteiger partial charge in [-0.2, -0.15) is 0 Å². The highest BCUT2D eigenvalue weighted by atomic mass is 32.1. The number of urea groups is 1. The molecule has 226 valence electrons. The molecular weight excluding hydrogens is 577 g/mol. The van der Waals surface area contributed by atoms with E-state index in [1.54, 1.807) is 0 Å². The molecule has 0 saturated carbocycles. The van der Waals surface area contributed by atoms with Gasteiger partial charge in [0.2, 0.25) is 0 Å². The number of amides is 2. The van der Waals surface area contributed by atoms with E-state index in [1.807, 2.05) is 43.3 Å². The third-order valence-corrected chi connectivity index (χ3v) is 6.70. The van der Waals surface area contributed by atoms with Crippen molar-refractivity contribution >= 4 is 29.0 Å². The van der Waals surface area contributed by atoms with Crippen molar-refractivity contribution in [2.24, 2.45) is 0 Å². The fraction of sp³-hybridized carbons (Fsp3) is 0.290. The number of thiocarbonyl (C=S) groups is 1. The zero-order valence-corrected chi connectivity index (χ0v) is 24.9. The van der Waals surface area contributed by atoms with Gasteiger partial charge in [0.25, 0.3) is 0 Å². The van der Waals surface area contributed by atoms with Crippen LogP contribution in [0.1, 0.15) is 49.3 Å². The fourth-order valence-electron chi connectivity index (χ4n) is 4.42. The molecule has 0 spiro atoms. The Morgan fingerprint density at radius 2 is 1.81 bits per heavy atom. The summed E-state index contributed by atoms with van der Waals surface area (Å²) in [6, 6.07) is 18.9.